The van der Waals surface area contributed by atoms with Crippen molar-refractivity contribution in [1.82, 2.24) is 14.8 Å². The summed E-state index contributed by atoms with van der Waals surface area (Å²) in [6, 6.07) is 13.1. The SMILES string of the molecule is N#Cc1ccc(C(=O)N2CCN(C(=O)c3cc4cc(C(F)(F)F)ccc4[nH]3)CC2)cc1. The van der Waals surface area contributed by atoms with Gasteiger partial charge in [0.1, 0.15) is 5.69 Å². The second-order valence-electron chi connectivity index (χ2n) is 7.26. The van der Waals surface area contributed by atoms with Crippen LogP contribution in [0.1, 0.15) is 32.0 Å². The first-order chi connectivity index (χ1) is 14.8. The first-order valence-corrected chi connectivity index (χ1v) is 9.55. The van der Waals surface area contributed by atoms with Crippen LogP contribution in [-0.4, -0.2) is 52.8 Å². The fraction of sp³-hybridized carbons (Fsp3) is 0.227. The van der Waals surface area contributed by atoms with Gasteiger partial charge in [-0.25, -0.2) is 0 Å². The average Bonchev–Trinajstić information content (AvgIpc) is 3.21. The highest BCUT2D eigenvalue weighted by Crippen LogP contribution is 2.31. The molecule has 2 aromatic carbocycles. The molecule has 0 saturated carbocycles. The normalized spacial score (nSPS) is 14.5. The van der Waals surface area contributed by atoms with Crippen LogP contribution in [-0.2, 0) is 6.18 Å². The van der Waals surface area contributed by atoms with E-state index in [0.717, 1.165) is 12.1 Å². The second kappa shape index (κ2) is 7.80. The standard InChI is InChI=1S/C22H17F3N4O2/c23-22(24,25)17-5-6-18-16(11-17)12-19(27-18)21(31)29-9-7-28(8-10-29)20(30)15-3-1-14(13-26)2-4-15/h1-6,11-12,27H,7-10H2. The first kappa shape index (κ1) is 20.5. The Hall–Kier alpha value is -3.80. The fourth-order valence-electron chi connectivity index (χ4n) is 3.58. The predicted octanol–water partition coefficient (Wildman–Crippen LogP) is 3.66. The molecule has 1 saturated heterocycles. The molecule has 2 amide bonds. The molecule has 3 aromatic rings. The molecule has 6 nitrogen and oxygen atoms in total. The summed E-state index contributed by atoms with van der Waals surface area (Å²) in [4.78, 5) is 31.5. The van der Waals surface area contributed by atoms with Gasteiger partial charge in [-0.1, -0.05) is 0 Å². The Morgan fingerprint density at radius 2 is 1.52 bits per heavy atom. The second-order valence-corrected chi connectivity index (χ2v) is 7.26. The summed E-state index contributed by atoms with van der Waals surface area (Å²) in [5, 5.41) is 9.16. The predicted molar refractivity (Wildman–Crippen MR) is 106 cm³/mol. The number of benzene rings is 2. The zero-order chi connectivity index (χ0) is 22.2. The van der Waals surface area contributed by atoms with Gasteiger partial charge in [0.05, 0.1) is 17.2 Å². The van der Waals surface area contributed by atoms with Gasteiger partial charge in [-0.3, -0.25) is 9.59 Å². The third kappa shape index (κ3) is 4.10. The van der Waals surface area contributed by atoms with Crippen LogP contribution in [0.15, 0.2) is 48.5 Å². The molecule has 9 heteroatoms. The molecule has 1 aliphatic rings. The van der Waals surface area contributed by atoms with Gasteiger partial charge in [0, 0.05) is 42.6 Å². The van der Waals surface area contributed by atoms with Crippen LogP contribution in [0, 0.1) is 11.3 Å². The molecular weight excluding hydrogens is 409 g/mol. The van der Waals surface area contributed by atoms with Crippen LogP contribution in [0.2, 0.25) is 0 Å². The molecule has 158 valence electrons. The van der Waals surface area contributed by atoms with E-state index in [1.807, 2.05) is 6.07 Å². The Morgan fingerprint density at radius 1 is 0.903 bits per heavy atom. The number of amides is 2. The number of nitrogens with zero attached hydrogens (tertiary/aromatic N) is 3. The number of carbonyl (C=O) groups is 2. The van der Waals surface area contributed by atoms with E-state index in [9.17, 15) is 22.8 Å². The number of halogens is 3. The zero-order valence-electron chi connectivity index (χ0n) is 16.2. The molecule has 4 rings (SSSR count). The van der Waals surface area contributed by atoms with Crippen LogP contribution in [0.25, 0.3) is 10.9 Å². The summed E-state index contributed by atoms with van der Waals surface area (Å²) in [6.45, 7) is 1.29. The lowest BCUT2D eigenvalue weighted by molar-refractivity contribution is -0.137. The van der Waals surface area contributed by atoms with Gasteiger partial charge in [-0.2, -0.15) is 18.4 Å². The summed E-state index contributed by atoms with van der Waals surface area (Å²) in [7, 11) is 0. The quantitative estimate of drug-likeness (QED) is 0.679. The lowest BCUT2D eigenvalue weighted by atomic mass is 10.1. The van der Waals surface area contributed by atoms with Crippen LogP contribution >= 0.6 is 0 Å². The van der Waals surface area contributed by atoms with Crippen molar-refractivity contribution < 1.29 is 22.8 Å². The van der Waals surface area contributed by atoms with E-state index >= 15 is 0 Å². The molecule has 0 aliphatic carbocycles. The van der Waals surface area contributed by atoms with E-state index in [4.69, 9.17) is 5.26 Å². The van der Waals surface area contributed by atoms with E-state index in [-0.39, 0.29) is 17.5 Å². The maximum absolute atomic E-state index is 12.9. The van der Waals surface area contributed by atoms with Crippen molar-refractivity contribution in [1.29, 1.82) is 5.26 Å². The van der Waals surface area contributed by atoms with Gasteiger partial charge in [-0.05, 0) is 48.5 Å². The largest absolute Gasteiger partial charge is 0.416 e. The summed E-state index contributed by atoms with van der Waals surface area (Å²) in [5.41, 5.74) is 0.822. The summed E-state index contributed by atoms with van der Waals surface area (Å²) >= 11 is 0. The number of hydrogen-bond donors (Lipinski definition) is 1. The average molecular weight is 426 g/mol. The summed E-state index contributed by atoms with van der Waals surface area (Å²) in [5.74, 6) is -0.503. The number of aromatic nitrogens is 1. The van der Waals surface area contributed by atoms with Crippen molar-refractivity contribution in [2.45, 2.75) is 6.18 Å². The van der Waals surface area contributed by atoms with E-state index in [1.165, 1.54) is 12.1 Å². The molecule has 0 bridgehead atoms. The van der Waals surface area contributed by atoms with Crippen LogP contribution in [0.4, 0.5) is 13.2 Å². The molecule has 1 aromatic heterocycles. The van der Waals surface area contributed by atoms with Gasteiger partial charge in [0.2, 0.25) is 0 Å². The molecule has 31 heavy (non-hydrogen) atoms. The van der Waals surface area contributed by atoms with E-state index in [0.29, 0.717) is 48.2 Å². The Kier molecular flexibility index (Phi) is 5.15. The summed E-state index contributed by atoms with van der Waals surface area (Å²) in [6.07, 6.45) is -4.45. The minimum absolute atomic E-state index is 0.179. The number of fused-ring (bicyclic) bond motifs is 1. The van der Waals surface area contributed by atoms with Crippen LogP contribution < -0.4 is 0 Å². The molecule has 0 spiro atoms. The third-order valence-corrected chi connectivity index (χ3v) is 5.29. The van der Waals surface area contributed by atoms with Gasteiger partial charge in [-0.15, -0.1) is 0 Å². The van der Waals surface area contributed by atoms with Gasteiger partial charge in [0.15, 0.2) is 0 Å². The number of piperazine rings is 1. The Balaban J connectivity index is 1.43. The number of aromatic amines is 1. The zero-order valence-corrected chi connectivity index (χ0v) is 16.2. The third-order valence-electron chi connectivity index (χ3n) is 5.29. The molecule has 0 atom stereocenters. The van der Waals surface area contributed by atoms with Crippen molar-refractivity contribution in [3.8, 4) is 6.07 Å². The number of carbonyl (C=O) groups excluding carboxylic acids is 2. The molecule has 0 unspecified atom stereocenters. The smallest absolute Gasteiger partial charge is 0.351 e. The van der Waals surface area contributed by atoms with Crippen molar-refractivity contribution in [2.24, 2.45) is 0 Å². The number of H-pyrrole nitrogens is 1. The maximum Gasteiger partial charge on any atom is 0.416 e. The fourth-order valence-corrected chi connectivity index (χ4v) is 3.58. The number of alkyl halides is 3. The number of hydrogen-bond acceptors (Lipinski definition) is 3. The Morgan fingerprint density at radius 3 is 2.10 bits per heavy atom. The highest BCUT2D eigenvalue weighted by Gasteiger charge is 2.31. The van der Waals surface area contributed by atoms with Crippen molar-refractivity contribution in [3.63, 3.8) is 0 Å². The molecule has 1 fully saturated rings. The number of nitrogens with one attached hydrogen (secondary N) is 1. The van der Waals surface area contributed by atoms with E-state index < -0.39 is 11.7 Å². The minimum Gasteiger partial charge on any atom is -0.351 e. The van der Waals surface area contributed by atoms with Gasteiger partial charge < -0.3 is 14.8 Å². The molecule has 0 radical (unpaired) electrons. The monoisotopic (exact) mass is 426 g/mol. The summed E-state index contributed by atoms with van der Waals surface area (Å²) < 4.78 is 38.7. The lowest BCUT2D eigenvalue weighted by Gasteiger charge is -2.34. The molecule has 2 heterocycles. The Labute approximate surface area is 175 Å². The van der Waals surface area contributed by atoms with E-state index in [1.54, 1.807) is 34.1 Å². The van der Waals surface area contributed by atoms with Crippen LogP contribution in [0.3, 0.4) is 0 Å². The first-order valence-electron chi connectivity index (χ1n) is 9.55. The maximum atomic E-state index is 12.9. The topological polar surface area (TPSA) is 80.2 Å². The molecule has 1 N–H and O–H groups in total. The Bertz CT molecular complexity index is 1180. The van der Waals surface area contributed by atoms with Crippen LogP contribution in [0.5, 0.6) is 0 Å². The lowest BCUT2D eigenvalue weighted by Crippen LogP contribution is -2.50. The number of rotatable bonds is 2. The van der Waals surface area contributed by atoms with Crippen molar-refractivity contribution >= 4 is 22.7 Å². The molecule has 1 aliphatic heterocycles. The number of nitriles is 1. The highest BCUT2D eigenvalue weighted by atomic mass is 19.4. The van der Waals surface area contributed by atoms with Gasteiger partial charge in [0.25, 0.3) is 11.8 Å². The highest BCUT2D eigenvalue weighted by molar-refractivity contribution is 5.98. The molecular formula is C22H17F3N4O2. The van der Waals surface area contributed by atoms with Crippen molar-refractivity contribution in [2.75, 3.05) is 26.2 Å². The van der Waals surface area contributed by atoms with Crippen molar-refractivity contribution in [3.05, 3.63) is 70.9 Å². The van der Waals surface area contributed by atoms with Gasteiger partial charge >= 0.3 is 6.18 Å². The minimum atomic E-state index is -4.45. The van der Waals surface area contributed by atoms with E-state index in [2.05, 4.69) is 4.98 Å².